The van der Waals surface area contributed by atoms with E-state index in [-0.39, 0.29) is 11.0 Å². The monoisotopic (exact) mass is 316 g/mol. The number of nitrogens with one attached hydrogen (secondary N) is 3. The standard InChI is InChI=1S/C17H24N4O2/c1-10(17(3,4)5)8-12-9-14(21-20-12)19-16(23)13-7-6-11(2)18-15(13)22/h6-7,9-10H,8H2,1-5H3,(H,18,22)(H2,19,20,21,23)/t10-/m1/s1. The number of rotatable bonds is 4. The molecule has 0 aliphatic carbocycles. The maximum absolute atomic E-state index is 12.2. The fraction of sp³-hybridized carbons (Fsp3) is 0.471. The summed E-state index contributed by atoms with van der Waals surface area (Å²) in [6.45, 7) is 10.5. The fourth-order valence-corrected chi connectivity index (χ4v) is 2.10. The van der Waals surface area contributed by atoms with Crippen molar-refractivity contribution in [2.75, 3.05) is 5.32 Å². The van der Waals surface area contributed by atoms with E-state index in [1.165, 1.54) is 6.07 Å². The second kappa shape index (κ2) is 6.40. The first-order valence-electron chi connectivity index (χ1n) is 7.72. The van der Waals surface area contributed by atoms with Gasteiger partial charge in [-0.15, -0.1) is 0 Å². The van der Waals surface area contributed by atoms with Gasteiger partial charge in [-0.2, -0.15) is 5.10 Å². The van der Waals surface area contributed by atoms with Gasteiger partial charge in [-0.1, -0.05) is 27.7 Å². The molecule has 0 saturated heterocycles. The van der Waals surface area contributed by atoms with Gasteiger partial charge in [0.15, 0.2) is 5.82 Å². The van der Waals surface area contributed by atoms with Crippen LogP contribution in [0.3, 0.4) is 0 Å². The second-order valence-electron chi connectivity index (χ2n) is 7.09. The van der Waals surface area contributed by atoms with Crippen molar-refractivity contribution in [1.29, 1.82) is 0 Å². The molecule has 0 spiro atoms. The van der Waals surface area contributed by atoms with Gasteiger partial charge in [-0.05, 0) is 36.8 Å². The first-order valence-corrected chi connectivity index (χ1v) is 7.72. The van der Waals surface area contributed by atoms with Crippen LogP contribution >= 0.6 is 0 Å². The molecule has 0 aliphatic rings. The molecule has 124 valence electrons. The zero-order chi connectivity index (χ0) is 17.2. The summed E-state index contributed by atoms with van der Waals surface area (Å²) >= 11 is 0. The van der Waals surface area contributed by atoms with E-state index in [0.717, 1.165) is 12.1 Å². The first-order chi connectivity index (χ1) is 10.7. The first kappa shape index (κ1) is 17.0. The Bertz CT molecular complexity index is 752. The largest absolute Gasteiger partial charge is 0.326 e. The molecule has 0 saturated carbocycles. The van der Waals surface area contributed by atoms with Crippen LogP contribution in [0.2, 0.25) is 0 Å². The summed E-state index contributed by atoms with van der Waals surface area (Å²) in [5, 5.41) is 9.68. The zero-order valence-corrected chi connectivity index (χ0v) is 14.3. The van der Waals surface area contributed by atoms with Gasteiger partial charge >= 0.3 is 0 Å². The van der Waals surface area contributed by atoms with E-state index in [9.17, 15) is 9.59 Å². The molecule has 2 aromatic rings. The van der Waals surface area contributed by atoms with Crippen LogP contribution in [-0.4, -0.2) is 21.1 Å². The highest BCUT2D eigenvalue weighted by molar-refractivity contribution is 6.03. The molecular weight excluding hydrogens is 292 g/mol. The fourth-order valence-electron chi connectivity index (χ4n) is 2.10. The van der Waals surface area contributed by atoms with Gasteiger partial charge in [-0.25, -0.2) is 0 Å². The number of pyridine rings is 1. The number of carbonyl (C=O) groups is 1. The van der Waals surface area contributed by atoms with Crippen molar-refractivity contribution in [2.24, 2.45) is 11.3 Å². The molecule has 23 heavy (non-hydrogen) atoms. The molecule has 6 heteroatoms. The van der Waals surface area contributed by atoms with Crippen molar-refractivity contribution >= 4 is 11.7 Å². The zero-order valence-electron chi connectivity index (χ0n) is 14.3. The van der Waals surface area contributed by atoms with Gasteiger partial charge in [0.2, 0.25) is 0 Å². The lowest BCUT2D eigenvalue weighted by molar-refractivity contribution is 0.102. The smallest absolute Gasteiger partial charge is 0.262 e. The summed E-state index contributed by atoms with van der Waals surface area (Å²) in [4.78, 5) is 26.5. The third kappa shape index (κ3) is 4.31. The highest BCUT2D eigenvalue weighted by Gasteiger charge is 2.21. The Morgan fingerprint density at radius 3 is 2.65 bits per heavy atom. The number of hydrogen-bond donors (Lipinski definition) is 3. The lowest BCUT2D eigenvalue weighted by Crippen LogP contribution is -2.23. The van der Waals surface area contributed by atoms with Crippen LogP contribution in [0.25, 0.3) is 0 Å². The highest BCUT2D eigenvalue weighted by atomic mass is 16.2. The van der Waals surface area contributed by atoms with E-state index >= 15 is 0 Å². The van der Waals surface area contributed by atoms with Crippen LogP contribution in [0, 0.1) is 18.3 Å². The number of aromatic nitrogens is 3. The number of hydrogen-bond acceptors (Lipinski definition) is 3. The van der Waals surface area contributed by atoms with E-state index in [1.54, 1.807) is 13.0 Å². The SMILES string of the molecule is Cc1ccc(C(=O)Nc2cc(C[C@@H](C)C(C)(C)C)[nH]n2)c(=O)[nH]1. The third-order valence-electron chi connectivity index (χ3n) is 4.18. The molecule has 1 amide bonds. The number of aromatic amines is 2. The molecule has 2 rings (SSSR count). The minimum Gasteiger partial charge on any atom is -0.326 e. The maximum Gasteiger partial charge on any atom is 0.262 e. The molecule has 0 unspecified atom stereocenters. The molecule has 2 aromatic heterocycles. The highest BCUT2D eigenvalue weighted by Crippen LogP contribution is 2.28. The lowest BCUT2D eigenvalue weighted by Gasteiger charge is -2.26. The van der Waals surface area contributed by atoms with E-state index in [4.69, 9.17) is 0 Å². The van der Waals surface area contributed by atoms with Crippen LogP contribution in [0.4, 0.5) is 5.82 Å². The molecule has 2 heterocycles. The van der Waals surface area contributed by atoms with Crippen molar-refractivity contribution in [2.45, 2.75) is 41.0 Å². The van der Waals surface area contributed by atoms with Crippen LogP contribution in [0.1, 0.15) is 49.4 Å². The van der Waals surface area contributed by atoms with Crippen molar-refractivity contribution < 1.29 is 4.79 Å². The number of carbonyl (C=O) groups excluding carboxylic acids is 1. The minimum atomic E-state index is -0.465. The predicted octanol–water partition coefficient (Wildman–Crippen LogP) is 2.88. The summed E-state index contributed by atoms with van der Waals surface area (Å²) < 4.78 is 0. The molecule has 0 radical (unpaired) electrons. The van der Waals surface area contributed by atoms with Crippen molar-refractivity contribution in [3.05, 3.63) is 45.5 Å². The molecule has 0 aromatic carbocycles. The number of nitrogens with zero attached hydrogens (tertiary/aromatic N) is 1. The minimum absolute atomic E-state index is 0.0724. The van der Waals surface area contributed by atoms with Gasteiger partial charge in [0, 0.05) is 17.5 Å². The number of aryl methyl sites for hydroxylation is 1. The van der Waals surface area contributed by atoms with Gasteiger partial charge < -0.3 is 10.3 Å². The predicted molar refractivity (Wildman–Crippen MR) is 90.7 cm³/mol. The summed E-state index contributed by atoms with van der Waals surface area (Å²) in [6, 6.07) is 5.01. The molecule has 3 N–H and O–H groups in total. The van der Waals surface area contributed by atoms with Crippen molar-refractivity contribution in [1.82, 2.24) is 15.2 Å². The van der Waals surface area contributed by atoms with E-state index in [1.807, 2.05) is 6.07 Å². The van der Waals surface area contributed by atoms with Crippen LogP contribution in [0.15, 0.2) is 23.0 Å². The molecule has 0 fully saturated rings. The van der Waals surface area contributed by atoms with Gasteiger partial charge in [0.25, 0.3) is 11.5 Å². The average molecular weight is 316 g/mol. The van der Waals surface area contributed by atoms with Crippen molar-refractivity contribution in [3.63, 3.8) is 0 Å². The van der Waals surface area contributed by atoms with E-state index in [2.05, 4.69) is 48.2 Å². The Morgan fingerprint density at radius 2 is 2.04 bits per heavy atom. The maximum atomic E-state index is 12.2. The molecule has 0 bridgehead atoms. The van der Waals surface area contributed by atoms with Crippen LogP contribution in [-0.2, 0) is 6.42 Å². The summed E-state index contributed by atoms with van der Waals surface area (Å²) in [7, 11) is 0. The Morgan fingerprint density at radius 1 is 1.35 bits per heavy atom. The summed E-state index contributed by atoms with van der Waals surface area (Å²) in [5.41, 5.74) is 1.54. The Hall–Kier alpha value is -2.37. The summed E-state index contributed by atoms with van der Waals surface area (Å²) in [6.07, 6.45) is 0.845. The third-order valence-corrected chi connectivity index (χ3v) is 4.18. The molecule has 1 atom stereocenters. The van der Waals surface area contributed by atoms with Gasteiger partial charge in [0.05, 0.1) is 0 Å². The number of amides is 1. The average Bonchev–Trinajstić information content (AvgIpc) is 2.84. The lowest BCUT2D eigenvalue weighted by atomic mass is 9.79. The Labute approximate surface area is 135 Å². The van der Waals surface area contributed by atoms with Crippen molar-refractivity contribution in [3.8, 4) is 0 Å². The van der Waals surface area contributed by atoms with Crippen LogP contribution < -0.4 is 10.9 Å². The number of anilines is 1. The topological polar surface area (TPSA) is 90.6 Å². The quantitative estimate of drug-likeness (QED) is 0.810. The van der Waals surface area contributed by atoms with Crippen LogP contribution in [0.5, 0.6) is 0 Å². The molecule has 0 aliphatic heterocycles. The molecular formula is C17H24N4O2. The Balaban J connectivity index is 2.07. The van der Waals surface area contributed by atoms with Gasteiger partial charge in [0.1, 0.15) is 5.56 Å². The Kier molecular flexibility index (Phi) is 4.73. The summed E-state index contributed by atoms with van der Waals surface area (Å²) in [5.74, 6) is 0.422. The van der Waals surface area contributed by atoms with E-state index in [0.29, 0.717) is 17.4 Å². The second-order valence-corrected chi connectivity index (χ2v) is 7.09. The van der Waals surface area contributed by atoms with Gasteiger partial charge in [-0.3, -0.25) is 14.7 Å². The van der Waals surface area contributed by atoms with E-state index < -0.39 is 11.5 Å². The normalized spacial score (nSPS) is 12.9. The molecule has 6 nitrogen and oxygen atoms in total. The number of H-pyrrole nitrogens is 2.